The average molecular weight is 167 g/mol. The zero-order chi connectivity index (χ0) is 8.39. The SMILES string of the molecule is O=C1CCN(CC2CCC2)CC1. The summed E-state index contributed by atoms with van der Waals surface area (Å²) in [7, 11) is 0. The second kappa shape index (κ2) is 3.56. The molecule has 1 heterocycles. The van der Waals surface area contributed by atoms with Crippen LogP contribution in [-0.4, -0.2) is 30.3 Å². The minimum Gasteiger partial charge on any atom is -0.302 e. The summed E-state index contributed by atoms with van der Waals surface area (Å²) in [5.74, 6) is 1.41. The van der Waals surface area contributed by atoms with Crippen LogP contribution in [0, 0.1) is 5.92 Å². The molecule has 0 unspecified atom stereocenters. The van der Waals surface area contributed by atoms with Gasteiger partial charge in [-0.25, -0.2) is 0 Å². The molecule has 1 saturated carbocycles. The molecule has 0 aromatic carbocycles. The number of rotatable bonds is 2. The molecule has 2 heteroatoms. The zero-order valence-electron chi connectivity index (χ0n) is 7.59. The minimum atomic E-state index is 0.458. The molecular formula is C10H17NO. The number of piperidine rings is 1. The summed E-state index contributed by atoms with van der Waals surface area (Å²) in [4.78, 5) is 13.4. The van der Waals surface area contributed by atoms with E-state index >= 15 is 0 Å². The molecular weight excluding hydrogens is 150 g/mol. The van der Waals surface area contributed by atoms with Crippen LogP contribution in [0.2, 0.25) is 0 Å². The Bertz CT molecular complexity index is 165. The van der Waals surface area contributed by atoms with Gasteiger partial charge >= 0.3 is 0 Å². The maximum Gasteiger partial charge on any atom is 0.135 e. The minimum absolute atomic E-state index is 0.458. The Kier molecular flexibility index (Phi) is 2.45. The first-order valence-corrected chi connectivity index (χ1v) is 5.08. The summed E-state index contributed by atoms with van der Waals surface area (Å²) in [6.45, 7) is 3.30. The predicted molar refractivity (Wildman–Crippen MR) is 48.0 cm³/mol. The molecule has 0 amide bonds. The van der Waals surface area contributed by atoms with E-state index < -0.39 is 0 Å². The molecule has 2 nitrogen and oxygen atoms in total. The highest BCUT2D eigenvalue weighted by molar-refractivity contribution is 5.79. The van der Waals surface area contributed by atoms with E-state index in [0.717, 1.165) is 31.8 Å². The number of carbonyl (C=O) groups is 1. The Hall–Kier alpha value is -0.370. The maximum atomic E-state index is 11.0. The highest BCUT2D eigenvalue weighted by Crippen LogP contribution is 2.27. The third kappa shape index (κ3) is 1.86. The summed E-state index contributed by atoms with van der Waals surface area (Å²) in [6.07, 6.45) is 5.87. The lowest BCUT2D eigenvalue weighted by Crippen LogP contribution is -2.38. The molecule has 0 aromatic rings. The number of Topliss-reactive ketones (excluding diaryl/α,β-unsaturated/α-hetero) is 1. The highest BCUT2D eigenvalue weighted by atomic mass is 16.1. The van der Waals surface area contributed by atoms with Gasteiger partial charge in [0.15, 0.2) is 0 Å². The Morgan fingerprint density at radius 3 is 2.42 bits per heavy atom. The van der Waals surface area contributed by atoms with Gasteiger partial charge in [0, 0.05) is 32.5 Å². The van der Waals surface area contributed by atoms with E-state index in [1.165, 1.54) is 25.8 Å². The lowest BCUT2D eigenvalue weighted by atomic mass is 9.85. The van der Waals surface area contributed by atoms with Crippen molar-refractivity contribution in [3.8, 4) is 0 Å². The molecule has 0 aromatic heterocycles. The molecule has 0 N–H and O–H groups in total. The topological polar surface area (TPSA) is 20.3 Å². The molecule has 0 spiro atoms. The molecule has 12 heavy (non-hydrogen) atoms. The zero-order valence-corrected chi connectivity index (χ0v) is 7.59. The van der Waals surface area contributed by atoms with Gasteiger partial charge in [-0.05, 0) is 18.8 Å². The highest BCUT2D eigenvalue weighted by Gasteiger charge is 2.23. The van der Waals surface area contributed by atoms with E-state index in [-0.39, 0.29) is 0 Å². The number of nitrogens with zero attached hydrogens (tertiary/aromatic N) is 1. The van der Waals surface area contributed by atoms with E-state index in [4.69, 9.17) is 0 Å². The lowest BCUT2D eigenvalue weighted by molar-refractivity contribution is -0.121. The summed E-state index contributed by atoms with van der Waals surface area (Å²) >= 11 is 0. The molecule has 1 aliphatic heterocycles. The maximum absolute atomic E-state index is 11.0. The van der Waals surface area contributed by atoms with Gasteiger partial charge in [0.1, 0.15) is 5.78 Å². The molecule has 68 valence electrons. The van der Waals surface area contributed by atoms with E-state index in [2.05, 4.69) is 4.90 Å². The van der Waals surface area contributed by atoms with Crippen LogP contribution in [-0.2, 0) is 4.79 Å². The Labute approximate surface area is 73.9 Å². The van der Waals surface area contributed by atoms with Gasteiger partial charge in [0.05, 0.1) is 0 Å². The number of hydrogen-bond donors (Lipinski definition) is 0. The first-order valence-electron chi connectivity index (χ1n) is 5.08. The molecule has 2 fully saturated rings. The normalized spacial score (nSPS) is 27.2. The Morgan fingerprint density at radius 1 is 1.25 bits per heavy atom. The fourth-order valence-electron chi connectivity index (χ4n) is 2.03. The van der Waals surface area contributed by atoms with E-state index in [1.54, 1.807) is 0 Å². The standard InChI is InChI=1S/C10H17NO/c12-10-4-6-11(7-5-10)8-9-2-1-3-9/h9H,1-8H2. The van der Waals surface area contributed by atoms with Crippen LogP contribution in [0.15, 0.2) is 0 Å². The van der Waals surface area contributed by atoms with Crippen LogP contribution in [0.1, 0.15) is 32.1 Å². The quantitative estimate of drug-likeness (QED) is 0.620. The summed E-state index contributed by atoms with van der Waals surface area (Å²) in [5.41, 5.74) is 0. The first-order chi connectivity index (χ1) is 5.84. The van der Waals surface area contributed by atoms with Crippen LogP contribution in [0.4, 0.5) is 0 Å². The molecule has 2 aliphatic rings. The largest absolute Gasteiger partial charge is 0.302 e. The first kappa shape index (κ1) is 8.24. The molecule has 0 atom stereocenters. The van der Waals surface area contributed by atoms with E-state index in [9.17, 15) is 4.79 Å². The summed E-state index contributed by atoms with van der Waals surface area (Å²) < 4.78 is 0. The van der Waals surface area contributed by atoms with Crippen molar-refractivity contribution in [2.45, 2.75) is 32.1 Å². The van der Waals surface area contributed by atoms with Crippen LogP contribution in [0.25, 0.3) is 0 Å². The summed E-state index contributed by atoms with van der Waals surface area (Å²) in [5, 5.41) is 0. The number of likely N-dealkylation sites (tertiary alicyclic amines) is 1. The van der Waals surface area contributed by atoms with Gasteiger partial charge in [0.2, 0.25) is 0 Å². The fraction of sp³-hybridized carbons (Fsp3) is 0.900. The van der Waals surface area contributed by atoms with Crippen molar-refractivity contribution in [2.75, 3.05) is 19.6 Å². The van der Waals surface area contributed by atoms with E-state index in [0.29, 0.717) is 5.78 Å². The van der Waals surface area contributed by atoms with Gasteiger partial charge in [-0.1, -0.05) is 6.42 Å². The van der Waals surface area contributed by atoms with Crippen molar-refractivity contribution >= 4 is 5.78 Å². The number of ketones is 1. The van der Waals surface area contributed by atoms with Crippen molar-refractivity contribution in [3.05, 3.63) is 0 Å². The predicted octanol–water partition coefficient (Wildman–Crippen LogP) is 1.45. The Balaban J connectivity index is 1.70. The molecule has 1 aliphatic carbocycles. The number of carbonyl (C=O) groups excluding carboxylic acids is 1. The van der Waals surface area contributed by atoms with Gasteiger partial charge in [-0.15, -0.1) is 0 Å². The van der Waals surface area contributed by atoms with Crippen molar-refractivity contribution in [2.24, 2.45) is 5.92 Å². The average Bonchev–Trinajstić information content (AvgIpc) is 2.00. The third-order valence-electron chi connectivity index (χ3n) is 3.15. The van der Waals surface area contributed by atoms with Gasteiger partial charge in [-0.3, -0.25) is 4.79 Å². The van der Waals surface area contributed by atoms with Crippen LogP contribution < -0.4 is 0 Å². The van der Waals surface area contributed by atoms with Crippen LogP contribution in [0.3, 0.4) is 0 Å². The van der Waals surface area contributed by atoms with E-state index in [1.807, 2.05) is 0 Å². The fourth-order valence-corrected chi connectivity index (χ4v) is 2.03. The van der Waals surface area contributed by atoms with Crippen molar-refractivity contribution in [1.82, 2.24) is 4.90 Å². The molecule has 2 rings (SSSR count). The Morgan fingerprint density at radius 2 is 1.92 bits per heavy atom. The molecule has 0 bridgehead atoms. The third-order valence-corrected chi connectivity index (χ3v) is 3.15. The smallest absolute Gasteiger partial charge is 0.135 e. The monoisotopic (exact) mass is 167 g/mol. The van der Waals surface area contributed by atoms with Crippen LogP contribution >= 0.6 is 0 Å². The second-order valence-electron chi connectivity index (χ2n) is 4.14. The summed E-state index contributed by atoms with van der Waals surface area (Å²) in [6, 6.07) is 0. The lowest BCUT2D eigenvalue weighted by Gasteiger charge is -2.33. The van der Waals surface area contributed by atoms with Gasteiger partial charge in [-0.2, -0.15) is 0 Å². The van der Waals surface area contributed by atoms with Crippen LogP contribution in [0.5, 0.6) is 0 Å². The number of hydrogen-bond acceptors (Lipinski definition) is 2. The van der Waals surface area contributed by atoms with Gasteiger partial charge < -0.3 is 4.90 Å². The molecule has 1 saturated heterocycles. The van der Waals surface area contributed by atoms with Crippen molar-refractivity contribution in [3.63, 3.8) is 0 Å². The molecule has 0 radical (unpaired) electrons. The second-order valence-corrected chi connectivity index (χ2v) is 4.14. The van der Waals surface area contributed by atoms with Crippen molar-refractivity contribution in [1.29, 1.82) is 0 Å². The van der Waals surface area contributed by atoms with Crippen molar-refractivity contribution < 1.29 is 4.79 Å². The van der Waals surface area contributed by atoms with Gasteiger partial charge in [0.25, 0.3) is 0 Å².